The molecule has 2 aromatic rings. The van der Waals surface area contributed by atoms with Crippen LogP contribution in [0.1, 0.15) is 16.3 Å². The van der Waals surface area contributed by atoms with E-state index in [1.165, 1.54) is 4.88 Å². The first-order valence-electron chi connectivity index (χ1n) is 4.35. The van der Waals surface area contributed by atoms with E-state index in [-0.39, 0.29) is 0 Å². The minimum Gasteiger partial charge on any atom is -0.369 e. The maximum atomic E-state index is 5.74. The Balaban J connectivity index is 2.27. The van der Waals surface area contributed by atoms with Gasteiger partial charge in [-0.25, -0.2) is 9.97 Å². The molecule has 2 N–H and O–H groups in total. The van der Waals surface area contributed by atoms with Crippen molar-refractivity contribution in [2.75, 3.05) is 5.73 Å². The zero-order valence-electron chi connectivity index (χ0n) is 8.19. The standard InChI is InChI=1S/C9H12N4S/c1-6-3-13(9(10)12-6)4-8-7(2)11-5-14-8/h3,5H,4H2,1-2H3,(H2,10,12). The van der Waals surface area contributed by atoms with Gasteiger partial charge >= 0.3 is 0 Å². The Morgan fingerprint density at radius 2 is 2.29 bits per heavy atom. The van der Waals surface area contributed by atoms with Crippen molar-refractivity contribution in [1.29, 1.82) is 0 Å². The van der Waals surface area contributed by atoms with Crippen molar-refractivity contribution in [3.63, 3.8) is 0 Å². The molecule has 0 unspecified atom stereocenters. The zero-order chi connectivity index (χ0) is 10.1. The second-order valence-electron chi connectivity index (χ2n) is 3.23. The van der Waals surface area contributed by atoms with E-state index < -0.39 is 0 Å². The first-order chi connectivity index (χ1) is 6.66. The molecule has 74 valence electrons. The summed E-state index contributed by atoms with van der Waals surface area (Å²) in [4.78, 5) is 9.57. The van der Waals surface area contributed by atoms with Crippen molar-refractivity contribution >= 4 is 17.3 Å². The topological polar surface area (TPSA) is 56.7 Å². The largest absolute Gasteiger partial charge is 0.369 e. The van der Waals surface area contributed by atoms with E-state index >= 15 is 0 Å². The second kappa shape index (κ2) is 3.42. The fourth-order valence-corrected chi connectivity index (χ4v) is 2.10. The van der Waals surface area contributed by atoms with Gasteiger partial charge in [-0.1, -0.05) is 0 Å². The molecule has 0 aromatic carbocycles. The number of hydrogen-bond donors (Lipinski definition) is 1. The van der Waals surface area contributed by atoms with Crippen molar-refractivity contribution < 1.29 is 0 Å². The lowest BCUT2D eigenvalue weighted by molar-refractivity contribution is 0.815. The van der Waals surface area contributed by atoms with E-state index in [0.717, 1.165) is 17.9 Å². The third-order valence-electron chi connectivity index (χ3n) is 2.09. The smallest absolute Gasteiger partial charge is 0.200 e. The van der Waals surface area contributed by atoms with Crippen LogP contribution in [0.15, 0.2) is 11.7 Å². The molecular formula is C9H12N4S. The van der Waals surface area contributed by atoms with Gasteiger partial charge in [-0.15, -0.1) is 11.3 Å². The van der Waals surface area contributed by atoms with Gasteiger partial charge in [-0.2, -0.15) is 0 Å². The van der Waals surface area contributed by atoms with Crippen LogP contribution in [0.5, 0.6) is 0 Å². The van der Waals surface area contributed by atoms with Crippen molar-refractivity contribution in [1.82, 2.24) is 14.5 Å². The van der Waals surface area contributed by atoms with Crippen LogP contribution in [0, 0.1) is 13.8 Å². The highest BCUT2D eigenvalue weighted by Gasteiger charge is 2.05. The Hall–Kier alpha value is -1.36. The zero-order valence-corrected chi connectivity index (χ0v) is 9.01. The predicted molar refractivity (Wildman–Crippen MR) is 57.3 cm³/mol. The summed E-state index contributed by atoms with van der Waals surface area (Å²) in [6.07, 6.45) is 1.95. The molecule has 0 spiro atoms. The molecule has 14 heavy (non-hydrogen) atoms. The SMILES string of the molecule is Cc1cn(Cc2scnc2C)c(N)n1. The Labute approximate surface area is 86.4 Å². The molecule has 0 aliphatic rings. The molecule has 0 aliphatic carbocycles. The Morgan fingerprint density at radius 3 is 2.79 bits per heavy atom. The molecule has 5 heteroatoms. The number of anilines is 1. The quantitative estimate of drug-likeness (QED) is 0.815. The highest BCUT2D eigenvalue weighted by Crippen LogP contribution is 2.16. The van der Waals surface area contributed by atoms with Gasteiger partial charge < -0.3 is 10.3 Å². The molecule has 2 rings (SSSR count). The van der Waals surface area contributed by atoms with Gasteiger partial charge in [0.2, 0.25) is 5.95 Å². The van der Waals surface area contributed by atoms with Crippen LogP contribution in [-0.2, 0) is 6.54 Å². The van der Waals surface area contributed by atoms with Gasteiger partial charge in [0.25, 0.3) is 0 Å². The molecule has 0 amide bonds. The van der Waals surface area contributed by atoms with Gasteiger partial charge in [0, 0.05) is 11.1 Å². The van der Waals surface area contributed by atoms with E-state index in [2.05, 4.69) is 9.97 Å². The molecular weight excluding hydrogens is 196 g/mol. The van der Waals surface area contributed by atoms with Crippen LogP contribution in [0.2, 0.25) is 0 Å². The molecule has 2 heterocycles. The summed E-state index contributed by atoms with van der Waals surface area (Å²) in [5, 5.41) is 0. The minimum absolute atomic E-state index is 0.565. The fourth-order valence-electron chi connectivity index (χ4n) is 1.32. The predicted octanol–water partition coefficient (Wildman–Crippen LogP) is 1.59. The van der Waals surface area contributed by atoms with Crippen LogP contribution in [0.3, 0.4) is 0 Å². The third-order valence-corrected chi connectivity index (χ3v) is 3.01. The van der Waals surface area contributed by atoms with Gasteiger partial charge in [0.05, 0.1) is 23.4 Å². The first-order valence-corrected chi connectivity index (χ1v) is 5.23. The van der Waals surface area contributed by atoms with Gasteiger partial charge in [0.1, 0.15) is 0 Å². The number of imidazole rings is 1. The van der Waals surface area contributed by atoms with Gasteiger partial charge in [-0.05, 0) is 13.8 Å². The first kappa shape index (κ1) is 9.21. The Bertz CT molecular complexity index is 443. The summed E-state index contributed by atoms with van der Waals surface area (Å²) >= 11 is 1.65. The second-order valence-corrected chi connectivity index (χ2v) is 4.17. The lowest BCUT2D eigenvalue weighted by Gasteiger charge is -2.01. The van der Waals surface area contributed by atoms with Crippen LogP contribution < -0.4 is 5.73 Å². The number of nitrogens with two attached hydrogens (primary N) is 1. The van der Waals surface area contributed by atoms with Crippen molar-refractivity contribution in [2.45, 2.75) is 20.4 Å². The summed E-state index contributed by atoms with van der Waals surface area (Å²) in [5.41, 5.74) is 9.61. The summed E-state index contributed by atoms with van der Waals surface area (Å²) in [5.74, 6) is 0.565. The number of thiazole rings is 1. The number of rotatable bonds is 2. The van der Waals surface area contributed by atoms with Crippen LogP contribution >= 0.6 is 11.3 Å². The van der Waals surface area contributed by atoms with Crippen molar-refractivity contribution in [3.8, 4) is 0 Å². The van der Waals surface area contributed by atoms with E-state index in [1.54, 1.807) is 11.3 Å². The van der Waals surface area contributed by atoms with Crippen LogP contribution in [0.25, 0.3) is 0 Å². The van der Waals surface area contributed by atoms with E-state index in [4.69, 9.17) is 5.73 Å². The van der Waals surface area contributed by atoms with Crippen molar-refractivity contribution in [3.05, 3.63) is 28.0 Å². The normalized spacial score (nSPS) is 10.7. The summed E-state index contributed by atoms with van der Waals surface area (Å²) in [6, 6.07) is 0. The number of nitrogen functional groups attached to an aromatic ring is 1. The fraction of sp³-hybridized carbons (Fsp3) is 0.333. The molecule has 0 radical (unpaired) electrons. The number of nitrogens with zero attached hydrogens (tertiary/aromatic N) is 3. The number of aryl methyl sites for hydroxylation is 2. The third kappa shape index (κ3) is 1.63. The monoisotopic (exact) mass is 208 g/mol. The molecule has 0 aliphatic heterocycles. The Morgan fingerprint density at radius 1 is 1.50 bits per heavy atom. The lowest BCUT2D eigenvalue weighted by atomic mass is 10.4. The van der Waals surface area contributed by atoms with Gasteiger partial charge in [0.15, 0.2) is 0 Å². The number of aromatic nitrogens is 3. The molecule has 0 bridgehead atoms. The van der Waals surface area contributed by atoms with E-state index in [1.807, 2.05) is 30.1 Å². The minimum atomic E-state index is 0.565. The van der Waals surface area contributed by atoms with E-state index in [0.29, 0.717) is 5.95 Å². The molecule has 0 saturated heterocycles. The average molecular weight is 208 g/mol. The Kier molecular flexibility index (Phi) is 2.25. The summed E-state index contributed by atoms with van der Waals surface area (Å²) in [7, 11) is 0. The van der Waals surface area contributed by atoms with Gasteiger partial charge in [-0.3, -0.25) is 0 Å². The summed E-state index contributed by atoms with van der Waals surface area (Å²) in [6.45, 7) is 4.71. The highest BCUT2D eigenvalue weighted by molar-refractivity contribution is 7.09. The maximum absolute atomic E-state index is 5.74. The van der Waals surface area contributed by atoms with Crippen LogP contribution in [-0.4, -0.2) is 14.5 Å². The van der Waals surface area contributed by atoms with Crippen LogP contribution in [0.4, 0.5) is 5.95 Å². The molecule has 2 aromatic heterocycles. The lowest BCUT2D eigenvalue weighted by Crippen LogP contribution is -2.03. The molecule has 0 fully saturated rings. The number of hydrogen-bond acceptors (Lipinski definition) is 4. The molecule has 4 nitrogen and oxygen atoms in total. The maximum Gasteiger partial charge on any atom is 0.200 e. The van der Waals surface area contributed by atoms with Crippen molar-refractivity contribution in [2.24, 2.45) is 0 Å². The highest BCUT2D eigenvalue weighted by atomic mass is 32.1. The molecule has 0 atom stereocenters. The summed E-state index contributed by atoms with van der Waals surface area (Å²) < 4.78 is 1.94. The molecule has 0 saturated carbocycles. The average Bonchev–Trinajstić information content (AvgIpc) is 2.62. The van der Waals surface area contributed by atoms with E-state index in [9.17, 15) is 0 Å².